The fraction of sp³-hybridized carbons (Fsp3) is 0.0870. The zero-order valence-corrected chi connectivity index (χ0v) is 16.6. The number of nitriles is 1. The van der Waals surface area contributed by atoms with Crippen molar-refractivity contribution in [1.82, 2.24) is 5.32 Å². The van der Waals surface area contributed by atoms with Gasteiger partial charge in [-0.3, -0.25) is 9.59 Å². The van der Waals surface area contributed by atoms with Crippen molar-refractivity contribution < 1.29 is 14.3 Å². The van der Waals surface area contributed by atoms with Crippen molar-refractivity contribution in [3.63, 3.8) is 0 Å². The highest BCUT2D eigenvalue weighted by Crippen LogP contribution is 2.25. The molecule has 150 valence electrons. The Hall–Kier alpha value is -3.82. The van der Waals surface area contributed by atoms with Gasteiger partial charge in [0.2, 0.25) is 0 Å². The van der Waals surface area contributed by atoms with E-state index in [2.05, 4.69) is 10.6 Å². The van der Waals surface area contributed by atoms with Crippen LogP contribution in [0.3, 0.4) is 0 Å². The van der Waals surface area contributed by atoms with Crippen LogP contribution in [0, 0.1) is 11.3 Å². The molecule has 0 saturated carbocycles. The number of benzene rings is 3. The number of rotatable bonds is 7. The van der Waals surface area contributed by atoms with Crippen LogP contribution >= 0.6 is 11.6 Å². The molecule has 3 aromatic rings. The average molecular weight is 420 g/mol. The molecule has 0 spiro atoms. The Morgan fingerprint density at radius 3 is 2.47 bits per heavy atom. The van der Waals surface area contributed by atoms with Gasteiger partial charge in [0.25, 0.3) is 11.8 Å². The SMILES string of the molecule is N#Cc1ccc(OCC(=O)Nc2ccccc2C(=O)NCc2ccccc2)c(Cl)c1. The van der Waals surface area contributed by atoms with Gasteiger partial charge in [-0.2, -0.15) is 5.26 Å². The molecule has 7 heteroatoms. The van der Waals surface area contributed by atoms with Crippen LogP contribution < -0.4 is 15.4 Å². The van der Waals surface area contributed by atoms with Gasteiger partial charge in [-0.05, 0) is 35.9 Å². The molecule has 6 nitrogen and oxygen atoms in total. The summed E-state index contributed by atoms with van der Waals surface area (Å²) in [5.41, 5.74) is 2.09. The second-order valence-electron chi connectivity index (χ2n) is 6.31. The van der Waals surface area contributed by atoms with Gasteiger partial charge in [-0.15, -0.1) is 0 Å². The summed E-state index contributed by atoms with van der Waals surface area (Å²) in [5.74, 6) is -0.454. The molecule has 0 unspecified atom stereocenters. The number of ether oxygens (including phenoxy) is 1. The van der Waals surface area contributed by atoms with Crippen LogP contribution in [0.25, 0.3) is 0 Å². The molecule has 30 heavy (non-hydrogen) atoms. The summed E-state index contributed by atoms with van der Waals surface area (Å²) in [5, 5.41) is 14.6. The van der Waals surface area contributed by atoms with Gasteiger partial charge in [0.15, 0.2) is 6.61 Å². The number of carbonyl (C=O) groups excluding carboxylic acids is 2. The van der Waals surface area contributed by atoms with Gasteiger partial charge in [0.1, 0.15) is 5.75 Å². The monoisotopic (exact) mass is 419 g/mol. The number of amides is 2. The van der Waals surface area contributed by atoms with Crippen molar-refractivity contribution in [3.8, 4) is 11.8 Å². The summed E-state index contributed by atoms with van der Waals surface area (Å²) < 4.78 is 5.42. The van der Waals surface area contributed by atoms with Crippen LogP contribution in [0.1, 0.15) is 21.5 Å². The lowest BCUT2D eigenvalue weighted by Gasteiger charge is -2.12. The molecule has 0 heterocycles. The zero-order chi connectivity index (χ0) is 21.3. The van der Waals surface area contributed by atoms with E-state index in [1.807, 2.05) is 36.4 Å². The summed E-state index contributed by atoms with van der Waals surface area (Å²) in [4.78, 5) is 24.9. The molecule has 0 fully saturated rings. The lowest BCUT2D eigenvalue weighted by atomic mass is 10.1. The molecule has 0 atom stereocenters. The third kappa shape index (κ3) is 5.60. The van der Waals surface area contributed by atoms with Crippen molar-refractivity contribution in [1.29, 1.82) is 5.26 Å². The van der Waals surface area contributed by atoms with E-state index in [-0.39, 0.29) is 17.5 Å². The number of nitrogens with zero attached hydrogens (tertiary/aromatic N) is 1. The summed E-state index contributed by atoms with van der Waals surface area (Å²) in [6.07, 6.45) is 0. The van der Waals surface area contributed by atoms with Gasteiger partial charge in [-0.25, -0.2) is 0 Å². The Morgan fingerprint density at radius 2 is 1.73 bits per heavy atom. The average Bonchev–Trinajstić information content (AvgIpc) is 2.77. The topological polar surface area (TPSA) is 91.2 Å². The first kappa shape index (κ1) is 20.9. The van der Waals surface area contributed by atoms with Gasteiger partial charge < -0.3 is 15.4 Å². The smallest absolute Gasteiger partial charge is 0.262 e. The second-order valence-corrected chi connectivity index (χ2v) is 6.71. The van der Waals surface area contributed by atoms with Crippen LogP contribution in [-0.2, 0) is 11.3 Å². The quantitative estimate of drug-likeness (QED) is 0.601. The molecule has 2 amide bonds. The number of hydrogen-bond donors (Lipinski definition) is 2. The number of halogens is 1. The van der Waals surface area contributed by atoms with E-state index in [4.69, 9.17) is 21.6 Å². The Balaban J connectivity index is 1.60. The lowest BCUT2D eigenvalue weighted by molar-refractivity contribution is -0.118. The molecular formula is C23H18ClN3O3. The minimum absolute atomic E-state index is 0.238. The van der Waals surface area contributed by atoms with Crippen LogP contribution in [0.2, 0.25) is 5.02 Å². The van der Waals surface area contributed by atoms with E-state index in [1.54, 1.807) is 30.3 Å². The Bertz CT molecular complexity index is 1090. The number of para-hydroxylation sites is 1. The molecule has 3 rings (SSSR count). The van der Waals surface area contributed by atoms with Crippen molar-refractivity contribution in [3.05, 3.63) is 94.5 Å². The molecule has 0 radical (unpaired) electrons. The van der Waals surface area contributed by atoms with Crippen LogP contribution in [0.4, 0.5) is 5.69 Å². The molecule has 2 N–H and O–H groups in total. The van der Waals surface area contributed by atoms with E-state index >= 15 is 0 Å². The van der Waals surface area contributed by atoms with Crippen LogP contribution in [-0.4, -0.2) is 18.4 Å². The minimum atomic E-state index is -0.446. The fourth-order valence-corrected chi connectivity index (χ4v) is 2.92. The first-order chi connectivity index (χ1) is 14.6. The molecule has 0 aliphatic rings. The Kier molecular flexibility index (Phi) is 7.04. The highest BCUT2D eigenvalue weighted by Gasteiger charge is 2.14. The molecule has 0 aliphatic carbocycles. The first-order valence-electron chi connectivity index (χ1n) is 9.10. The fourth-order valence-electron chi connectivity index (χ4n) is 2.68. The summed E-state index contributed by atoms with van der Waals surface area (Å²) in [6.45, 7) is 0.0772. The maximum atomic E-state index is 12.6. The summed E-state index contributed by atoms with van der Waals surface area (Å²) in [6, 6.07) is 22.8. The van der Waals surface area contributed by atoms with E-state index < -0.39 is 5.91 Å². The van der Waals surface area contributed by atoms with E-state index in [0.717, 1.165) is 5.56 Å². The van der Waals surface area contributed by atoms with Crippen LogP contribution in [0.15, 0.2) is 72.8 Å². The maximum absolute atomic E-state index is 12.6. The number of anilines is 1. The second kappa shape index (κ2) is 10.1. The van der Waals surface area contributed by atoms with E-state index in [9.17, 15) is 9.59 Å². The lowest BCUT2D eigenvalue weighted by Crippen LogP contribution is -2.26. The number of nitrogens with one attached hydrogen (secondary N) is 2. The van der Waals surface area contributed by atoms with E-state index in [1.165, 1.54) is 12.1 Å². The molecule has 0 aliphatic heterocycles. The molecular weight excluding hydrogens is 402 g/mol. The van der Waals surface area contributed by atoms with Gasteiger partial charge in [0, 0.05) is 6.54 Å². The molecule has 0 saturated heterocycles. The van der Waals surface area contributed by atoms with Crippen molar-refractivity contribution >= 4 is 29.1 Å². The third-order valence-electron chi connectivity index (χ3n) is 4.16. The first-order valence-corrected chi connectivity index (χ1v) is 9.48. The van der Waals surface area contributed by atoms with Crippen molar-refractivity contribution in [2.24, 2.45) is 0 Å². The van der Waals surface area contributed by atoms with E-state index in [0.29, 0.717) is 29.1 Å². The van der Waals surface area contributed by atoms with Crippen molar-refractivity contribution in [2.75, 3.05) is 11.9 Å². The highest BCUT2D eigenvalue weighted by molar-refractivity contribution is 6.32. The highest BCUT2D eigenvalue weighted by atomic mass is 35.5. The third-order valence-corrected chi connectivity index (χ3v) is 4.46. The predicted molar refractivity (Wildman–Crippen MR) is 114 cm³/mol. The minimum Gasteiger partial charge on any atom is -0.482 e. The standard InChI is InChI=1S/C23H18ClN3O3/c24-19-12-17(13-25)10-11-21(19)30-15-22(28)27-20-9-5-4-8-18(20)23(29)26-14-16-6-2-1-3-7-16/h1-12H,14-15H2,(H,26,29)(H,27,28). The largest absolute Gasteiger partial charge is 0.482 e. The number of carbonyl (C=O) groups is 2. The molecule has 3 aromatic carbocycles. The zero-order valence-electron chi connectivity index (χ0n) is 15.9. The predicted octanol–water partition coefficient (Wildman–Crippen LogP) is 4.16. The van der Waals surface area contributed by atoms with Gasteiger partial charge in [-0.1, -0.05) is 54.1 Å². The summed E-state index contributed by atoms with van der Waals surface area (Å²) >= 11 is 6.04. The normalized spacial score (nSPS) is 10.0. The number of hydrogen-bond acceptors (Lipinski definition) is 4. The van der Waals surface area contributed by atoms with Crippen LogP contribution in [0.5, 0.6) is 5.75 Å². The molecule has 0 aromatic heterocycles. The van der Waals surface area contributed by atoms with Crippen molar-refractivity contribution in [2.45, 2.75) is 6.54 Å². The van der Waals surface area contributed by atoms with Gasteiger partial charge in [0.05, 0.1) is 27.9 Å². The maximum Gasteiger partial charge on any atom is 0.262 e. The Labute approximate surface area is 179 Å². The van der Waals surface area contributed by atoms with Gasteiger partial charge >= 0.3 is 0 Å². The molecule has 0 bridgehead atoms. The Morgan fingerprint density at radius 1 is 1.00 bits per heavy atom. The summed E-state index contributed by atoms with van der Waals surface area (Å²) in [7, 11) is 0.